The molecular formula is C13H26N2. The van der Waals surface area contributed by atoms with Gasteiger partial charge in [-0.25, -0.2) is 0 Å². The Hall–Kier alpha value is -0.0800. The smallest absolute Gasteiger partial charge is 0.0121 e. The predicted molar refractivity (Wildman–Crippen MR) is 64.7 cm³/mol. The van der Waals surface area contributed by atoms with Gasteiger partial charge in [-0.3, -0.25) is 0 Å². The summed E-state index contributed by atoms with van der Waals surface area (Å²) in [5.74, 6) is 0.764. The SMILES string of the molecule is CC(N)C1CCN(C(C)C2(C)CC2)CC1. The Balaban J connectivity index is 1.83. The van der Waals surface area contributed by atoms with Crippen molar-refractivity contribution in [3.8, 4) is 0 Å². The summed E-state index contributed by atoms with van der Waals surface area (Å²) in [5.41, 5.74) is 6.61. The van der Waals surface area contributed by atoms with Crippen molar-refractivity contribution in [2.24, 2.45) is 17.1 Å². The van der Waals surface area contributed by atoms with Gasteiger partial charge in [-0.05, 0) is 64.0 Å². The van der Waals surface area contributed by atoms with E-state index in [4.69, 9.17) is 5.73 Å². The van der Waals surface area contributed by atoms with E-state index < -0.39 is 0 Å². The summed E-state index contributed by atoms with van der Waals surface area (Å²) in [4.78, 5) is 2.69. The van der Waals surface area contributed by atoms with Crippen molar-refractivity contribution < 1.29 is 0 Å². The summed E-state index contributed by atoms with van der Waals surface area (Å²) >= 11 is 0. The van der Waals surface area contributed by atoms with Crippen LogP contribution in [-0.2, 0) is 0 Å². The minimum absolute atomic E-state index is 0.388. The molecule has 15 heavy (non-hydrogen) atoms. The molecule has 2 rings (SSSR count). The molecule has 0 radical (unpaired) electrons. The van der Waals surface area contributed by atoms with Gasteiger partial charge >= 0.3 is 0 Å². The zero-order valence-corrected chi connectivity index (χ0v) is 10.5. The molecule has 1 aliphatic carbocycles. The number of hydrogen-bond acceptors (Lipinski definition) is 2. The summed E-state index contributed by atoms with van der Waals surface area (Å²) < 4.78 is 0. The van der Waals surface area contributed by atoms with E-state index in [1.54, 1.807) is 0 Å². The van der Waals surface area contributed by atoms with Crippen molar-refractivity contribution in [3.63, 3.8) is 0 Å². The summed E-state index contributed by atoms with van der Waals surface area (Å²) in [5, 5.41) is 0. The maximum absolute atomic E-state index is 5.97. The molecule has 0 aromatic rings. The molecule has 1 saturated carbocycles. The Morgan fingerprint density at radius 3 is 2.13 bits per heavy atom. The van der Waals surface area contributed by atoms with Gasteiger partial charge in [0.1, 0.15) is 0 Å². The lowest BCUT2D eigenvalue weighted by Gasteiger charge is -2.39. The molecule has 88 valence electrons. The fraction of sp³-hybridized carbons (Fsp3) is 1.00. The molecule has 0 amide bonds. The van der Waals surface area contributed by atoms with Crippen LogP contribution in [0.25, 0.3) is 0 Å². The summed E-state index contributed by atoms with van der Waals surface area (Å²) in [7, 11) is 0. The highest BCUT2D eigenvalue weighted by molar-refractivity contribution is 4.98. The molecule has 2 heteroatoms. The van der Waals surface area contributed by atoms with Gasteiger partial charge in [0.2, 0.25) is 0 Å². The predicted octanol–water partition coefficient (Wildman–Crippen LogP) is 2.23. The van der Waals surface area contributed by atoms with Gasteiger partial charge in [-0.1, -0.05) is 6.92 Å². The fourth-order valence-electron chi connectivity index (χ4n) is 2.89. The number of likely N-dealkylation sites (tertiary alicyclic amines) is 1. The zero-order chi connectivity index (χ0) is 11.1. The lowest BCUT2D eigenvalue weighted by atomic mass is 9.88. The second-order valence-corrected chi connectivity index (χ2v) is 6.06. The van der Waals surface area contributed by atoms with E-state index >= 15 is 0 Å². The van der Waals surface area contributed by atoms with E-state index in [1.165, 1.54) is 38.8 Å². The largest absolute Gasteiger partial charge is 0.328 e. The molecule has 2 aliphatic rings. The van der Waals surface area contributed by atoms with Gasteiger partial charge in [0.05, 0.1) is 0 Å². The molecule has 1 saturated heterocycles. The lowest BCUT2D eigenvalue weighted by molar-refractivity contribution is 0.0957. The van der Waals surface area contributed by atoms with Crippen LogP contribution in [0.5, 0.6) is 0 Å². The van der Waals surface area contributed by atoms with Crippen molar-refractivity contribution in [1.82, 2.24) is 4.90 Å². The highest BCUT2D eigenvalue weighted by atomic mass is 15.2. The normalized spacial score (nSPS) is 31.2. The maximum atomic E-state index is 5.97. The third-order valence-electron chi connectivity index (χ3n) is 4.91. The number of hydrogen-bond donors (Lipinski definition) is 1. The third-order valence-corrected chi connectivity index (χ3v) is 4.91. The second-order valence-electron chi connectivity index (χ2n) is 6.06. The van der Waals surface area contributed by atoms with Crippen LogP contribution in [0.1, 0.15) is 46.5 Å². The average molecular weight is 210 g/mol. The number of nitrogens with two attached hydrogens (primary N) is 1. The highest BCUT2D eigenvalue weighted by Crippen LogP contribution is 2.50. The molecule has 0 aromatic heterocycles. The second kappa shape index (κ2) is 4.06. The zero-order valence-electron chi connectivity index (χ0n) is 10.5. The Morgan fingerprint density at radius 2 is 1.73 bits per heavy atom. The average Bonchev–Trinajstić information content (AvgIpc) is 2.97. The minimum Gasteiger partial charge on any atom is -0.328 e. The molecule has 0 aromatic carbocycles. The van der Waals surface area contributed by atoms with Crippen molar-refractivity contribution in [2.45, 2.75) is 58.5 Å². The van der Waals surface area contributed by atoms with Crippen molar-refractivity contribution in [2.75, 3.05) is 13.1 Å². The van der Waals surface area contributed by atoms with Crippen LogP contribution in [0.3, 0.4) is 0 Å². The Labute approximate surface area is 94.2 Å². The molecule has 2 fully saturated rings. The van der Waals surface area contributed by atoms with E-state index in [9.17, 15) is 0 Å². The van der Waals surface area contributed by atoms with Crippen molar-refractivity contribution in [3.05, 3.63) is 0 Å². The first-order chi connectivity index (χ1) is 7.03. The van der Waals surface area contributed by atoms with Crippen LogP contribution < -0.4 is 5.73 Å². The lowest BCUT2D eigenvalue weighted by Crippen LogP contribution is -2.46. The Bertz CT molecular complexity index is 213. The molecule has 1 aliphatic heterocycles. The molecule has 2 atom stereocenters. The topological polar surface area (TPSA) is 29.3 Å². The number of nitrogens with zero attached hydrogens (tertiary/aromatic N) is 1. The minimum atomic E-state index is 0.388. The van der Waals surface area contributed by atoms with Gasteiger partial charge in [-0.15, -0.1) is 0 Å². The Morgan fingerprint density at radius 1 is 1.20 bits per heavy atom. The molecule has 2 unspecified atom stereocenters. The van der Waals surface area contributed by atoms with E-state index in [-0.39, 0.29) is 0 Å². The van der Waals surface area contributed by atoms with Crippen LogP contribution in [0.15, 0.2) is 0 Å². The van der Waals surface area contributed by atoms with Crippen LogP contribution >= 0.6 is 0 Å². The summed E-state index contributed by atoms with van der Waals surface area (Å²) in [6.45, 7) is 9.55. The summed E-state index contributed by atoms with van der Waals surface area (Å²) in [6.07, 6.45) is 5.47. The van der Waals surface area contributed by atoms with Crippen LogP contribution in [0, 0.1) is 11.3 Å². The quantitative estimate of drug-likeness (QED) is 0.774. The highest BCUT2D eigenvalue weighted by Gasteiger charge is 2.45. The first-order valence-electron chi connectivity index (χ1n) is 6.52. The molecule has 1 heterocycles. The third kappa shape index (κ3) is 2.36. The number of piperidine rings is 1. The maximum Gasteiger partial charge on any atom is 0.0121 e. The van der Waals surface area contributed by atoms with Gasteiger partial charge in [-0.2, -0.15) is 0 Å². The van der Waals surface area contributed by atoms with Crippen molar-refractivity contribution >= 4 is 0 Å². The van der Waals surface area contributed by atoms with Crippen LogP contribution in [-0.4, -0.2) is 30.1 Å². The summed E-state index contributed by atoms with van der Waals surface area (Å²) in [6, 6.07) is 1.17. The Kier molecular flexibility index (Phi) is 3.09. The first-order valence-corrected chi connectivity index (χ1v) is 6.52. The van der Waals surface area contributed by atoms with Crippen molar-refractivity contribution in [1.29, 1.82) is 0 Å². The van der Waals surface area contributed by atoms with E-state index in [0.29, 0.717) is 11.5 Å². The molecular weight excluding hydrogens is 184 g/mol. The molecule has 0 spiro atoms. The first kappa shape index (κ1) is 11.4. The van der Waals surface area contributed by atoms with Gasteiger partial charge in [0.15, 0.2) is 0 Å². The van der Waals surface area contributed by atoms with Gasteiger partial charge in [0.25, 0.3) is 0 Å². The molecule has 2 nitrogen and oxygen atoms in total. The van der Waals surface area contributed by atoms with E-state index in [2.05, 4.69) is 25.7 Å². The fourth-order valence-corrected chi connectivity index (χ4v) is 2.89. The monoisotopic (exact) mass is 210 g/mol. The molecule has 2 N–H and O–H groups in total. The van der Waals surface area contributed by atoms with Gasteiger partial charge < -0.3 is 10.6 Å². The van der Waals surface area contributed by atoms with Crippen LogP contribution in [0.2, 0.25) is 0 Å². The van der Waals surface area contributed by atoms with Crippen LogP contribution in [0.4, 0.5) is 0 Å². The molecule has 0 bridgehead atoms. The van der Waals surface area contributed by atoms with E-state index in [1.807, 2.05) is 0 Å². The number of rotatable bonds is 3. The van der Waals surface area contributed by atoms with Gasteiger partial charge in [0, 0.05) is 12.1 Å². The van der Waals surface area contributed by atoms with E-state index in [0.717, 1.165) is 12.0 Å². The standard InChI is InChI=1S/C13H26N2/c1-10(14)12-4-8-15(9-5-12)11(2)13(3)6-7-13/h10-12H,4-9,14H2,1-3H3.